The van der Waals surface area contributed by atoms with Gasteiger partial charge in [0.2, 0.25) is 0 Å². The number of nitrogens with one attached hydrogen (secondary N) is 1. The second kappa shape index (κ2) is 10.5. The van der Waals surface area contributed by atoms with Gasteiger partial charge in [0.25, 0.3) is 5.91 Å². The summed E-state index contributed by atoms with van der Waals surface area (Å²) in [6.07, 6.45) is 2.19. The van der Waals surface area contributed by atoms with Gasteiger partial charge in [-0.2, -0.15) is 0 Å². The zero-order valence-corrected chi connectivity index (χ0v) is 17.7. The van der Waals surface area contributed by atoms with Crippen LogP contribution in [0.2, 0.25) is 0 Å². The number of hydrogen-bond acceptors (Lipinski definition) is 5. The van der Waals surface area contributed by atoms with Crippen LogP contribution < -0.4 is 5.32 Å². The van der Waals surface area contributed by atoms with E-state index in [1.165, 1.54) is 0 Å². The summed E-state index contributed by atoms with van der Waals surface area (Å²) in [4.78, 5) is 16.4. The number of oxime groups is 1. The van der Waals surface area contributed by atoms with Crippen LogP contribution >= 0.6 is 0 Å². The third-order valence-corrected chi connectivity index (χ3v) is 5.28. The topological polar surface area (TPSA) is 94.8 Å². The summed E-state index contributed by atoms with van der Waals surface area (Å²) < 4.78 is 0. The normalized spacial score (nSPS) is 12.4. The summed E-state index contributed by atoms with van der Waals surface area (Å²) in [5.74, 6) is -0.284. The van der Waals surface area contributed by atoms with Crippen molar-refractivity contribution in [3.05, 3.63) is 100 Å². The molecule has 6 nitrogen and oxygen atoms in total. The minimum atomic E-state index is -0.224. The highest BCUT2D eigenvalue weighted by Gasteiger charge is 2.21. The molecular weight excluding hydrogens is 390 g/mol. The Labute approximate surface area is 182 Å². The van der Waals surface area contributed by atoms with Crippen LogP contribution in [0.1, 0.15) is 50.6 Å². The number of aryl methyl sites for hydroxylation is 2. The molecule has 3 N–H and O–H groups in total. The van der Waals surface area contributed by atoms with Crippen molar-refractivity contribution >= 4 is 11.6 Å². The molecule has 0 radical (unpaired) electrons. The molecule has 0 saturated carbocycles. The van der Waals surface area contributed by atoms with Crippen molar-refractivity contribution in [2.24, 2.45) is 5.16 Å². The molecule has 1 unspecified atom stereocenters. The molecule has 2 aromatic carbocycles. The Balaban J connectivity index is 1.96. The molecular formula is C25H27N3O3. The van der Waals surface area contributed by atoms with Crippen LogP contribution in [0.15, 0.2) is 72.0 Å². The summed E-state index contributed by atoms with van der Waals surface area (Å²) in [7, 11) is 0. The molecule has 160 valence electrons. The number of aromatic nitrogens is 1. The Hall–Kier alpha value is -3.51. The van der Waals surface area contributed by atoms with Crippen molar-refractivity contribution in [1.82, 2.24) is 10.3 Å². The summed E-state index contributed by atoms with van der Waals surface area (Å²) >= 11 is 0. The molecule has 3 rings (SSSR count). The first-order valence-corrected chi connectivity index (χ1v) is 10.2. The molecule has 0 saturated heterocycles. The predicted molar refractivity (Wildman–Crippen MR) is 121 cm³/mol. The van der Waals surface area contributed by atoms with Crippen LogP contribution in [-0.4, -0.2) is 40.1 Å². The lowest BCUT2D eigenvalue weighted by Crippen LogP contribution is -2.26. The van der Waals surface area contributed by atoms with E-state index >= 15 is 0 Å². The lowest BCUT2D eigenvalue weighted by atomic mass is 9.83. The number of rotatable bonds is 8. The van der Waals surface area contributed by atoms with Gasteiger partial charge in [-0.15, -0.1) is 0 Å². The number of benzene rings is 2. The molecule has 0 fully saturated rings. The summed E-state index contributed by atoms with van der Waals surface area (Å²) in [6, 6.07) is 19.3. The third kappa shape index (κ3) is 5.55. The monoisotopic (exact) mass is 417 g/mol. The highest BCUT2D eigenvalue weighted by atomic mass is 16.4. The SMILES string of the molecule is Cc1cc(/C(CC(c2ccc(C(=O)NCCO)cc2)c2ccccc2C)=N\O)ccn1. The number of carbonyl (C=O) groups excluding carboxylic acids is 1. The number of nitrogens with zero attached hydrogens (tertiary/aromatic N) is 2. The average Bonchev–Trinajstić information content (AvgIpc) is 2.79. The molecule has 6 heteroatoms. The maximum Gasteiger partial charge on any atom is 0.251 e. The third-order valence-electron chi connectivity index (χ3n) is 5.28. The molecule has 1 heterocycles. The second-order valence-corrected chi connectivity index (χ2v) is 7.45. The van der Waals surface area contributed by atoms with Crippen LogP contribution in [0.3, 0.4) is 0 Å². The lowest BCUT2D eigenvalue weighted by molar-refractivity contribution is 0.0944. The summed E-state index contributed by atoms with van der Waals surface area (Å²) in [5, 5.41) is 24.9. The van der Waals surface area contributed by atoms with E-state index in [-0.39, 0.29) is 25.0 Å². The van der Waals surface area contributed by atoms with Gasteiger partial charge in [0, 0.05) is 41.9 Å². The van der Waals surface area contributed by atoms with Gasteiger partial charge in [0.15, 0.2) is 0 Å². The van der Waals surface area contributed by atoms with Gasteiger partial charge in [-0.25, -0.2) is 0 Å². The number of carbonyl (C=O) groups is 1. The molecule has 0 aliphatic carbocycles. The fourth-order valence-electron chi connectivity index (χ4n) is 3.66. The Morgan fingerprint density at radius 3 is 2.45 bits per heavy atom. The molecule has 0 aliphatic rings. The first-order chi connectivity index (χ1) is 15.0. The average molecular weight is 418 g/mol. The zero-order chi connectivity index (χ0) is 22.2. The van der Waals surface area contributed by atoms with Crippen molar-refractivity contribution in [3.8, 4) is 0 Å². The number of hydrogen-bond donors (Lipinski definition) is 3. The van der Waals surface area contributed by atoms with Crippen LogP contribution in [0.25, 0.3) is 0 Å². The number of aliphatic hydroxyl groups is 1. The van der Waals surface area contributed by atoms with E-state index in [9.17, 15) is 10.0 Å². The smallest absolute Gasteiger partial charge is 0.251 e. The predicted octanol–water partition coefficient (Wildman–Crippen LogP) is 3.82. The van der Waals surface area contributed by atoms with Gasteiger partial charge in [0.1, 0.15) is 0 Å². The molecule has 1 amide bonds. The molecule has 3 aromatic rings. The van der Waals surface area contributed by atoms with E-state index in [0.717, 1.165) is 27.9 Å². The molecule has 0 spiro atoms. The van der Waals surface area contributed by atoms with E-state index < -0.39 is 0 Å². The maximum absolute atomic E-state index is 12.2. The standard InChI is InChI=1S/C25H27N3O3/c1-17-5-3-4-6-22(17)23(16-24(28-31)21-11-12-26-18(2)15-21)19-7-9-20(10-8-19)25(30)27-13-14-29/h3-12,15,23,29,31H,13-14,16H2,1-2H3,(H,27,30)/b28-24-. The van der Waals surface area contributed by atoms with Crippen molar-refractivity contribution in [1.29, 1.82) is 0 Å². The molecule has 1 atom stereocenters. The van der Waals surface area contributed by atoms with Crippen LogP contribution in [0, 0.1) is 13.8 Å². The summed E-state index contributed by atoms with van der Waals surface area (Å²) in [6.45, 7) is 4.08. The Kier molecular flexibility index (Phi) is 7.51. The quantitative estimate of drug-likeness (QED) is 0.295. The van der Waals surface area contributed by atoms with Crippen LogP contribution in [0.5, 0.6) is 0 Å². The maximum atomic E-state index is 12.2. The van der Waals surface area contributed by atoms with E-state index in [1.54, 1.807) is 18.3 Å². The fraction of sp³-hybridized carbons (Fsp3) is 0.240. The van der Waals surface area contributed by atoms with Gasteiger partial charge in [-0.05, 0) is 54.8 Å². The first kappa shape index (κ1) is 22.2. The minimum absolute atomic E-state index is 0.0601. The van der Waals surface area contributed by atoms with Gasteiger partial charge >= 0.3 is 0 Å². The number of aliphatic hydroxyl groups excluding tert-OH is 1. The molecule has 31 heavy (non-hydrogen) atoms. The van der Waals surface area contributed by atoms with Crippen LogP contribution in [0.4, 0.5) is 0 Å². The van der Waals surface area contributed by atoms with Gasteiger partial charge in [-0.3, -0.25) is 9.78 Å². The highest BCUT2D eigenvalue weighted by molar-refractivity contribution is 6.01. The minimum Gasteiger partial charge on any atom is -0.411 e. The molecule has 0 bridgehead atoms. The highest BCUT2D eigenvalue weighted by Crippen LogP contribution is 2.32. The van der Waals surface area contributed by atoms with E-state index in [4.69, 9.17) is 5.11 Å². The van der Waals surface area contributed by atoms with Crippen molar-refractivity contribution in [2.75, 3.05) is 13.2 Å². The van der Waals surface area contributed by atoms with Gasteiger partial charge in [0.05, 0.1) is 12.3 Å². The molecule has 1 aromatic heterocycles. The molecule has 0 aliphatic heterocycles. The Morgan fingerprint density at radius 1 is 1.06 bits per heavy atom. The fourth-order valence-corrected chi connectivity index (χ4v) is 3.66. The lowest BCUT2D eigenvalue weighted by Gasteiger charge is -2.21. The van der Waals surface area contributed by atoms with Crippen molar-refractivity contribution in [3.63, 3.8) is 0 Å². The van der Waals surface area contributed by atoms with Gasteiger partial charge in [-0.1, -0.05) is 41.6 Å². The second-order valence-electron chi connectivity index (χ2n) is 7.45. The zero-order valence-electron chi connectivity index (χ0n) is 17.7. The number of amides is 1. The van der Waals surface area contributed by atoms with E-state index in [0.29, 0.717) is 17.7 Å². The largest absolute Gasteiger partial charge is 0.411 e. The van der Waals surface area contributed by atoms with Crippen molar-refractivity contribution < 1.29 is 15.1 Å². The van der Waals surface area contributed by atoms with Crippen LogP contribution in [-0.2, 0) is 0 Å². The van der Waals surface area contributed by atoms with E-state index in [1.807, 2.05) is 43.3 Å². The first-order valence-electron chi connectivity index (χ1n) is 10.2. The Bertz CT molecular complexity index is 1060. The Morgan fingerprint density at radius 2 is 1.81 bits per heavy atom. The van der Waals surface area contributed by atoms with Gasteiger partial charge < -0.3 is 15.6 Å². The number of pyridine rings is 1. The van der Waals surface area contributed by atoms with Crippen molar-refractivity contribution in [2.45, 2.75) is 26.2 Å². The van der Waals surface area contributed by atoms with E-state index in [2.05, 4.69) is 34.5 Å². The summed E-state index contributed by atoms with van der Waals surface area (Å²) in [5.41, 5.74) is 6.07.